The summed E-state index contributed by atoms with van der Waals surface area (Å²) >= 11 is 1.54. The Bertz CT molecular complexity index is 1220. The van der Waals surface area contributed by atoms with Gasteiger partial charge in [-0.15, -0.1) is 11.3 Å². The fourth-order valence-corrected chi connectivity index (χ4v) is 6.64. The Morgan fingerprint density at radius 1 is 1.03 bits per heavy atom. The first kappa shape index (κ1) is 21.8. The summed E-state index contributed by atoms with van der Waals surface area (Å²) in [6, 6.07) is 16.3. The summed E-state index contributed by atoms with van der Waals surface area (Å²) in [6.07, 6.45) is 3.70. The topological polar surface area (TPSA) is 70.7 Å². The second kappa shape index (κ2) is 9.13. The van der Waals surface area contributed by atoms with E-state index in [1.165, 1.54) is 12.8 Å². The van der Waals surface area contributed by atoms with Gasteiger partial charge in [-0.05, 0) is 79.4 Å². The number of nitrogens with zero attached hydrogens (tertiary/aromatic N) is 1. The average Bonchev–Trinajstić information content (AvgIpc) is 3.55. The van der Waals surface area contributed by atoms with Gasteiger partial charge in [0.05, 0.1) is 4.88 Å². The first-order chi connectivity index (χ1) is 16.6. The predicted octanol–water partition coefficient (Wildman–Crippen LogP) is 4.51. The molecule has 5 heterocycles. The third kappa shape index (κ3) is 4.24. The molecular weight excluding hydrogens is 446 g/mol. The lowest BCUT2D eigenvalue weighted by atomic mass is 9.84. The van der Waals surface area contributed by atoms with Gasteiger partial charge < -0.3 is 20.3 Å². The SMILES string of the molecule is O=C(N[C@H]1CN2CCC1CC2)c1cc2cccc(-c3cccc(NC(=O)C4CCCO4)c3)c2s1. The van der Waals surface area contributed by atoms with Crippen molar-refractivity contribution in [1.82, 2.24) is 10.2 Å². The molecule has 0 aliphatic carbocycles. The lowest BCUT2D eigenvalue weighted by Crippen LogP contribution is -2.57. The van der Waals surface area contributed by atoms with Crippen LogP contribution in [-0.4, -0.2) is 55.1 Å². The number of piperidine rings is 3. The van der Waals surface area contributed by atoms with Crippen LogP contribution in [0.1, 0.15) is 35.4 Å². The minimum absolute atomic E-state index is 0.0310. The summed E-state index contributed by atoms with van der Waals surface area (Å²) in [5.74, 6) is 0.547. The Morgan fingerprint density at radius 2 is 1.88 bits per heavy atom. The number of carbonyl (C=O) groups excluding carboxylic acids is 2. The molecule has 34 heavy (non-hydrogen) atoms. The first-order valence-corrected chi connectivity index (χ1v) is 13.0. The van der Waals surface area contributed by atoms with Crippen LogP contribution in [0.25, 0.3) is 21.2 Å². The van der Waals surface area contributed by atoms with E-state index in [4.69, 9.17) is 4.74 Å². The number of ether oxygens (including phenoxy) is 1. The lowest BCUT2D eigenvalue weighted by molar-refractivity contribution is -0.124. The Kier molecular flexibility index (Phi) is 5.85. The summed E-state index contributed by atoms with van der Waals surface area (Å²) in [6.45, 7) is 3.94. The van der Waals surface area contributed by atoms with Crippen molar-refractivity contribution in [3.05, 3.63) is 53.4 Å². The number of hydrogen-bond donors (Lipinski definition) is 2. The van der Waals surface area contributed by atoms with E-state index in [-0.39, 0.29) is 24.0 Å². The number of thiophene rings is 1. The van der Waals surface area contributed by atoms with Crippen molar-refractivity contribution in [3.63, 3.8) is 0 Å². The van der Waals surface area contributed by atoms with E-state index < -0.39 is 0 Å². The highest BCUT2D eigenvalue weighted by Gasteiger charge is 2.35. The monoisotopic (exact) mass is 475 g/mol. The number of rotatable bonds is 5. The molecule has 4 aliphatic rings. The molecule has 2 N–H and O–H groups in total. The predicted molar refractivity (Wildman–Crippen MR) is 135 cm³/mol. The Labute approximate surface area is 203 Å². The molecule has 2 bridgehead atoms. The van der Waals surface area contributed by atoms with E-state index in [1.807, 2.05) is 36.4 Å². The maximum atomic E-state index is 13.1. The molecule has 0 spiro atoms. The highest BCUT2D eigenvalue weighted by atomic mass is 32.1. The zero-order valence-electron chi connectivity index (χ0n) is 19.1. The van der Waals surface area contributed by atoms with Gasteiger partial charge in [-0.3, -0.25) is 9.59 Å². The number of fused-ring (bicyclic) bond motifs is 4. The van der Waals surface area contributed by atoms with Crippen LogP contribution in [0.15, 0.2) is 48.5 Å². The third-order valence-corrected chi connectivity index (χ3v) is 8.59. The van der Waals surface area contributed by atoms with Crippen molar-refractivity contribution < 1.29 is 14.3 Å². The van der Waals surface area contributed by atoms with E-state index in [2.05, 4.69) is 27.7 Å². The molecule has 2 amide bonds. The summed E-state index contributed by atoms with van der Waals surface area (Å²) in [4.78, 5) is 28.8. The highest BCUT2D eigenvalue weighted by Crippen LogP contribution is 2.36. The Hall–Kier alpha value is -2.74. The van der Waals surface area contributed by atoms with Crippen LogP contribution in [0, 0.1) is 5.92 Å². The molecule has 4 fully saturated rings. The van der Waals surface area contributed by atoms with E-state index in [0.717, 1.165) is 64.3 Å². The second-order valence-corrected chi connectivity index (χ2v) is 10.7. The highest BCUT2D eigenvalue weighted by molar-refractivity contribution is 7.21. The molecule has 7 rings (SSSR count). The second-order valence-electron chi connectivity index (χ2n) is 9.62. The van der Waals surface area contributed by atoms with Crippen molar-refractivity contribution in [2.45, 2.75) is 37.8 Å². The number of hydrogen-bond acceptors (Lipinski definition) is 5. The number of amides is 2. The molecule has 4 saturated heterocycles. The molecule has 3 aromatic rings. The summed E-state index contributed by atoms with van der Waals surface area (Å²) in [7, 11) is 0. The van der Waals surface area contributed by atoms with Gasteiger partial charge in [0.1, 0.15) is 6.10 Å². The van der Waals surface area contributed by atoms with Gasteiger partial charge in [-0.2, -0.15) is 0 Å². The van der Waals surface area contributed by atoms with Crippen LogP contribution in [-0.2, 0) is 9.53 Å². The summed E-state index contributed by atoms with van der Waals surface area (Å²) in [5, 5.41) is 7.38. The quantitative estimate of drug-likeness (QED) is 0.570. The molecule has 0 saturated carbocycles. The largest absolute Gasteiger partial charge is 0.368 e. The van der Waals surface area contributed by atoms with Crippen LogP contribution in [0.2, 0.25) is 0 Å². The van der Waals surface area contributed by atoms with Gasteiger partial charge in [0.25, 0.3) is 11.8 Å². The van der Waals surface area contributed by atoms with E-state index in [9.17, 15) is 9.59 Å². The van der Waals surface area contributed by atoms with Crippen molar-refractivity contribution in [3.8, 4) is 11.1 Å². The zero-order valence-corrected chi connectivity index (χ0v) is 19.9. The van der Waals surface area contributed by atoms with Crippen LogP contribution >= 0.6 is 11.3 Å². The van der Waals surface area contributed by atoms with Crippen molar-refractivity contribution in [1.29, 1.82) is 0 Å². The number of anilines is 1. The van der Waals surface area contributed by atoms with Crippen molar-refractivity contribution in [2.75, 3.05) is 31.6 Å². The van der Waals surface area contributed by atoms with Gasteiger partial charge in [0.15, 0.2) is 0 Å². The van der Waals surface area contributed by atoms with Crippen LogP contribution in [0.5, 0.6) is 0 Å². The molecule has 7 heteroatoms. The standard InChI is InChI=1S/C27H29N3O3S/c31-26(23-8-3-13-33-23)28-20-6-1-4-18(14-20)21-7-2-5-19-15-24(34-25(19)21)27(32)29-22-16-30-11-9-17(22)10-12-30/h1-2,4-7,14-15,17,22-23H,3,8-13,16H2,(H,28,31)(H,29,32)/t22-,23?/m0/s1. The van der Waals surface area contributed by atoms with Gasteiger partial charge in [0.2, 0.25) is 0 Å². The number of benzene rings is 2. The Balaban J connectivity index is 1.23. The third-order valence-electron chi connectivity index (χ3n) is 7.40. The summed E-state index contributed by atoms with van der Waals surface area (Å²) in [5.41, 5.74) is 2.84. The average molecular weight is 476 g/mol. The fourth-order valence-electron chi connectivity index (χ4n) is 5.54. The summed E-state index contributed by atoms with van der Waals surface area (Å²) < 4.78 is 6.59. The first-order valence-electron chi connectivity index (χ1n) is 12.2. The van der Waals surface area contributed by atoms with E-state index in [0.29, 0.717) is 12.5 Å². The van der Waals surface area contributed by atoms with Crippen LogP contribution in [0.3, 0.4) is 0 Å². The molecule has 1 unspecified atom stereocenters. The molecule has 2 atom stereocenters. The van der Waals surface area contributed by atoms with Gasteiger partial charge in [0, 0.05) is 29.6 Å². The van der Waals surface area contributed by atoms with E-state index in [1.54, 1.807) is 11.3 Å². The smallest absolute Gasteiger partial charge is 0.261 e. The minimum Gasteiger partial charge on any atom is -0.368 e. The normalized spacial score (nSPS) is 26.0. The molecule has 4 aliphatic heterocycles. The minimum atomic E-state index is -0.360. The molecular formula is C27H29N3O3S. The maximum absolute atomic E-state index is 13.1. The van der Waals surface area contributed by atoms with Gasteiger partial charge >= 0.3 is 0 Å². The molecule has 6 nitrogen and oxygen atoms in total. The van der Waals surface area contributed by atoms with E-state index >= 15 is 0 Å². The molecule has 1 aromatic heterocycles. The number of nitrogens with one attached hydrogen (secondary N) is 2. The van der Waals surface area contributed by atoms with Crippen molar-refractivity contribution in [2.24, 2.45) is 5.92 Å². The van der Waals surface area contributed by atoms with Gasteiger partial charge in [-0.25, -0.2) is 0 Å². The number of carbonyl (C=O) groups is 2. The van der Waals surface area contributed by atoms with Gasteiger partial charge in [-0.1, -0.05) is 30.3 Å². The molecule has 0 radical (unpaired) electrons. The van der Waals surface area contributed by atoms with Crippen molar-refractivity contribution >= 4 is 38.9 Å². The van der Waals surface area contributed by atoms with Crippen LogP contribution < -0.4 is 10.6 Å². The molecule has 176 valence electrons. The van der Waals surface area contributed by atoms with Crippen LogP contribution in [0.4, 0.5) is 5.69 Å². The Morgan fingerprint density at radius 3 is 2.65 bits per heavy atom. The zero-order chi connectivity index (χ0) is 23.1. The molecule has 2 aromatic carbocycles. The lowest BCUT2D eigenvalue weighted by Gasteiger charge is -2.44. The fraction of sp³-hybridized carbons (Fsp3) is 0.407. The maximum Gasteiger partial charge on any atom is 0.261 e.